The van der Waals surface area contributed by atoms with Crippen LogP contribution in [0.3, 0.4) is 0 Å². The van der Waals surface area contributed by atoms with Gasteiger partial charge in [0.25, 0.3) is 0 Å². The first-order valence-electron chi connectivity index (χ1n) is 5.96. The van der Waals surface area contributed by atoms with Crippen LogP contribution in [0.5, 0.6) is 0 Å². The first-order valence-corrected chi connectivity index (χ1v) is 5.96. The molecular formula is C12H19F3N2O2. The number of aromatic nitrogens is 1. The van der Waals surface area contributed by atoms with E-state index in [4.69, 9.17) is 4.52 Å². The van der Waals surface area contributed by atoms with Gasteiger partial charge in [-0.2, -0.15) is 13.2 Å². The Labute approximate surface area is 110 Å². The SMILES string of the molecule is CC(OCc1cc(CNC(C)(C)C)no1)C(F)(F)F. The van der Waals surface area contributed by atoms with Crippen molar-refractivity contribution >= 4 is 0 Å². The lowest BCUT2D eigenvalue weighted by Gasteiger charge is -2.19. The summed E-state index contributed by atoms with van der Waals surface area (Å²) in [5, 5.41) is 6.96. The average molecular weight is 280 g/mol. The van der Waals surface area contributed by atoms with Crippen LogP contribution in [0, 0.1) is 0 Å². The predicted octanol–water partition coefficient (Wildman–Crippen LogP) is 3.03. The van der Waals surface area contributed by atoms with Gasteiger partial charge in [0.2, 0.25) is 0 Å². The molecule has 1 N–H and O–H groups in total. The Balaban J connectivity index is 2.43. The molecule has 0 aliphatic rings. The molecule has 0 saturated carbocycles. The minimum Gasteiger partial charge on any atom is -0.361 e. The number of ether oxygens (including phenoxy) is 1. The second-order valence-electron chi connectivity index (χ2n) is 5.38. The summed E-state index contributed by atoms with van der Waals surface area (Å²) in [7, 11) is 0. The number of nitrogens with zero attached hydrogens (tertiary/aromatic N) is 1. The summed E-state index contributed by atoms with van der Waals surface area (Å²) in [6, 6.07) is 1.59. The molecule has 1 aromatic heterocycles. The summed E-state index contributed by atoms with van der Waals surface area (Å²) < 4.78 is 46.3. The highest BCUT2D eigenvalue weighted by molar-refractivity contribution is 5.04. The molecule has 19 heavy (non-hydrogen) atoms. The summed E-state index contributed by atoms with van der Waals surface area (Å²) in [4.78, 5) is 0. The van der Waals surface area contributed by atoms with Crippen LogP contribution in [0.4, 0.5) is 13.2 Å². The molecular weight excluding hydrogens is 261 g/mol. The zero-order valence-corrected chi connectivity index (χ0v) is 11.5. The third-order valence-electron chi connectivity index (χ3n) is 2.34. The smallest absolute Gasteiger partial charge is 0.361 e. The van der Waals surface area contributed by atoms with Crippen molar-refractivity contribution in [3.63, 3.8) is 0 Å². The normalized spacial score (nSPS) is 14.7. The summed E-state index contributed by atoms with van der Waals surface area (Å²) in [5.74, 6) is 0.279. The van der Waals surface area contributed by atoms with E-state index < -0.39 is 12.3 Å². The summed E-state index contributed by atoms with van der Waals surface area (Å²) in [5.41, 5.74) is 0.564. The van der Waals surface area contributed by atoms with E-state index in [0.29, 0.717) is 12.2 Å². The third-order valence-corrected chi connectivity index (χ3v) is 2.34. The molecule has 7 heteroatoms. The molecule has 0 fully saturated rings. The number of hydrogen-bond donors (Lipinski definition) is 1. The van der Waals surface area contributed by atoms with Crippen molar-refractivity contribution < 1.29 is 22.4 Å². The van der Waals surface area contributed by atoms with E-state index in [1.807, 2.05) is 20.8 Å². The van der Waals surface area contributed by atoms with E-state index >= 15 is 0 Å². The molecule has 0 aliphatic carbocycles. The van der Waals surface area contributed by atoms with Crippen molar-refractivity contribution in [1.29, 1.82) is 0 Å². The van der Waals surface area contributed by atoms with Gasteiger partial charge in [0.15, 0.2) is 11.9 Å². The summed E-state index contributed by atoms with van der Waals surface area (Å²) in [6.07, 6.45) is -6.19. The van der Waals surface area contributed by atoms with Crippen molar-refractivity contribution in [2.45, 2.75) is 58.7 Å². The number of hydrogen-bond acceptors (Lipinski definition) is 4. The third kappa shape index (κ3) is 6.07. The highest BCUT2D eigenvalue weighted by atomic mass is 19.4. The lowest BCUT2D eigenvalue weighted by Crippen LogP contribution is -2.35. The van der Waals surface area contributed by atoms with E-state index in [0.717, 1.165) is 6.92 Å². The molecule has 0 spiro atoms. The maximum absolute atomic E-state index is 12.2. The molecule has 0 aromatic carbocycles. The summed E-state index contributed by atoms with van der Waals surface area (Å²) in [6.45, 7) is 7.20. The van der Waals surface area contributed by atoms with Gasteiger partial charge in [0.1, 0.15) is 6.61 Å². The van der Waals surface area contributed by atoms with Crippen LogP contribution in [0.25, 0.3) is 0 Å². The molecule has 0 saturated heterocycles. The maximum atomic E-state index is 12.2. The lowest BCUT2D eigenvalue weighted by molar-refractivity contribution is -0.218. The van der Waals surface area contributed by atoms with Crippen molar-refractivity contribution in [3.8, 4) is 0 Å². The van der Waals surface area contributed by atoms with Gasteiger partial charge in [0, 0.05) is 18.2 Å². The standard InChI is InChI=1S/C12H19F3N2O2/c1-8(12(13,14)15)18-7-10-5-9(17-19-10)6-16-11(2,3)4/h5,8,16H,6-7H2,1-4H3. The second kappa shape index (κ2) is 5.92. The molecule has 0 radical (unpaired) electrons. The van der Waals surface area contributed by atoms with Crippen LogP contribution in [-0.2, 0) is 17.9 Å². The number of nitrogens with one attached hydrogen (secondary N) is 1. The Kier molecular flexibility index (Phi) is 4.98. The monoisotopic (exact) mass is 280 g/mol. The topological polar surface area (TPSA) is 47.3 Å². The molecule has 0 bridgehead atoms. The zero-order chi connectivity index (χ0) is 14.7. The first kappa shape index (κ1) is 16.0. The Morgan fingerprint density at radius 3 is 2.53 bits per heavy atom. The maximum Gasteiger partial charge on any atom is 0.414 e. The van der Waals surface area contributed by atoms with E-state index in [1.54, 1.807) is 6.07 Å². The Morgan fingerprint density at radius 1 is 1.37 bits per heavy atom. The quantitative estimate of drug-likeness (QED) is 0.900. The Morgan fingerprint density at radius 2 is 2.00 bits per heavy atom. The van der Waals surface area contributed by atoms with Crippen LogP contribution in [0.1, 0.15) is 39.1 Å². The van der Waals surface area contributed by atoms with E-state index in [1.165, 1.54) is 0 Å². The molecule has 0 amide bonds. The Bertz CT molecular complexity index is 396. The molecule has 0 aliphatic heterocycles. The van der Waals surface area contributed by atoms with Crippen LogP contribution in [-0.4, -0.2) is 23.0 Å². The largest absolute Gasteiger partial charge is 0.414 e. The van der Waals surface area contributed by atoms with Gasteiger partial charge < -0.3 is 14.6 Å². The minimum atomic E-state index is -4.36. The molecule has 110 valence electrons. The molecule has 1 atom stereocenters. The van der Waals surface area contributed by atoms with Crippen LogP contribution >= 0.6 is 0 Å². The van der Waals surface area contributed by atoms with Gasteiger partial charge in [-0.15, -0.1) is 0 Å². The van der Waals surface area contributed by atoms with Crippen LogP contribution < -0.4 is 5.32 Å². The molecule has 1 heterocycles. The first-order chi connectivity index (χ1) is 8.58. The van der Waals surface area contributed by atoms with Gasteiger partial charge in [-0.3, -0.25) is 0 Å². The number of alkyl halides is 3. The minimum absolute atomic E-state index is 0.0690. The second-order valence-corrected chi connectivity index (χ2v) is 5.38. The van der Waals surface area contributed by atoms with E-state index in [2.05, 4.69) is 15.2 Å². The van der Waals surface area contributed by atoms with Crippen LogP contribution in [0.2, 0.25) is 0 Å². The fourth-order valence-electron chi connectivity index (χ4n) is 1.16. The summed E-state index contributed by atoms with van der Waals surface area (Å²) >= 11 is 0. The van der Waals surface area contributed by atoms with Gasteiger partial charge in [-0.05, 0) is 27.7 Å². The molecule has 1 rings (SSSR count). The fourth-order valence-corrected chi connectivity index (χ4v) is 1.16. The van der Waals surface area contributed by atoms with Crippen molar-refractivity contribution in [1.82, 2.24) is 10.5 Å². The van der Waals surface area contributed by atoms with Gasteiger partial charge in [-0.1, -0.05) is 5.16 Å². The predicted molar refractivity (Wildman–Crippen MR) is 63.4 cm³/mol. The van der Waals surface area contributed by atoms with E-state index in [-0.39, 0.29) is 17.9 Å². The molecule has 4 nitrogen and oxygen atoms in total. The zero-order valence-electron chi connectivity index (χ0n) is 11.5. The average Bonchev–Trinajstić information content (AvgIpc) is 2.68. The van der Waals surface area contributed by atoms with Crippen LogP contribution in [0.15, 0.2) is 10.6 Å². The highest BCUT2D eigenvalue weighted by Gasteiger charge is 2.37. The molecule has 1 unspecified atom stereocenters. The van der Waals surface area contributed by atoms with Gasteiger partial charge in [0.05, 0.1) is 5.69 Å². The highest BCUT2D eigenvalue weighted by Crippen LogP contribution is 2.23. The van der Waals surface area contributed by atoms with Crippen molar-refractivity contribution in [2.75, 3.05) is 0 Å². The number of halogens is 3. The van der Waals surface area contributed by atoms with Crippen molar-refractivity contribution in [3.05, 3.63) is 17.5 Å². The Hall–Kier alpha value is -1.08. The fraction of sp³-hybridized carbons (Fsp3) is 0.750. The van der Waals surface area contributed by atoms with Gasteiger partial charge >= 0.3 is 6.18 Å². The van der Waals surface area contributed by atoms with Crippen molar-refractivity contribution in [2.24, 2.45) is 0 Å². The molecule has 1 aromatic rings. The lowest BCUT2D eigenvalue weighted by atomic mass is 10.1. The van der Waals surface area contributed by atoms with Gasteiger partial charge in [-0.25, -0.2) is 0 Å². The number of rotatable bonds is 5. The van der Waals surface area contributed by atoms with E-state index in [9.17, 15) is 13.2 Å².